The summed E-state index contributed by atoms with van der Waals surface area (Å²) in [6.07, 6.45) is 0.499. The van der Waals surface area contributed by atoms with Crippen LogP contribution in [0.25, 0.3) is 0 Å². The van der Waals surface area contributed by atoms with Crippen molar-refractivity contribution in [1.29, 1.82) is 0 Å². The average Bonchev–Trinajstić information content (AvgIpc) is 2.39. The van der Waals surface area contributed by atoms with E-state index in [1.807, 2.05) is 13.8 Å². The molecule has 0 aliphatic carbocycles. The van der Waals surface area contributed by atoms with E-state index in [2.05, 4.69) is 10.6 Å². The lowest BCUT2D eigenvalue weighted by molar-refractivity contribution is -0.136. The molecule has 0 aliphatic heterocycles. The Kier molecular flexibility index (Phi) is 6.11. The summed E-state index contributed by atoms with van der Waals surface area (Å²) >= 11 is 5.75. The number of amides is 2. The molecule has 0 bridgehead atoms. The first-order chi connectivity index (χ1) is 9.75. The summed E-state index contributed by atoms with van der Waals surface area (Å²) in [4.78, 5) is 23.4. The molecule has 0 radical (unpaired) electrons. The van der Waals surface area contributed by atoms with E-state index in [0.29, 0.717) is 6.42 Å². The van der Waals surface area contributed by atoms with E-state index in [-0.39, 0.29) is 29.3 Å². The predicted molar refractivity (Wildman–Crippen MR) is 78.5 cm³/mol. The SMILES string of the molecule is CC(C)(CCO)CNC(=O)C(=O)Nc1ccc(F)cc1Cl. The highest BCUT2D eigenvalue weighted by atomic mass is 35.5. The molecular weight excluding hydrogens is 299 g/mol. The molecule has 0 spiro atoms. The maximum Gasteiger partial charge on any atom is 0.313 e. The van der Waals surface area contributed by atoms with Crippen LogP contribution in [-0.2, 0) is 9.59 Å². The fraction of sp³-hybridized carbons (Fsp3) is 0.429. The molecule has 0 unspecified atom stereocenters. The van der Waals surface area contributed by atoms with Crippen LogP contribution < -0.4 is 10.6 Å². The number of carbonyl (C=O) groups excluding carboxylic acids is 2. The van der Waals surface area contributed by atoms with Crippen molar-refractivity contribution >= 4 is 29.1 Å². The van der Waals surface area contributed by atoms with Gasteiger partial charge in [0.15, 0.2) is 0 Å². The fourth-order valence-corrected chi connectivity index (χ4v) is 1.78. The highest BCUT2D eigenvalue weighted by molar-refractivity contribution is 6.41. The van der Waals surface area contributed by atoms with Crippen LogP contribution in [0.4, 0.5) is 10.1 Å². The largest absolute Gasteiger partial charge is 0.396 e. The first-order valence-electron chi connectivity index (χ1n) is 6.40. The number of carbonyl (C=O) groups is 2. The molecular formula is C14H18ClFN2O3. The van der Waals surface area contributed by atoms with Crippen LogP contribution in [0.1, 0.15) is 20.3 Å². The van der Waals surface area contributed by atoms with Gasteiger partial charge in [0.2, 0.25) is 0 Å². The molecule has 7 heteroatoms. The van der Waals surface area contributed by atoms with Crippen LogP contribution in [0.5, 0.6) is 0 Å². The van der Waals surface area contributed by atoms with Crippen LogP contribution in [0.3, 0.4) is 0 Å². The van der Waals surface area contributed by atoms with Crippen molar-refractivity contribution in [3.8, 4) is 0 Å². The molecule has 5 nitrogen and oxygen atoms in total. The molecule has 0 fully saturated rings. The van der Waals surface area contributed by atoms with Gasteiger partial charge in [0.05, 0.1) is 10.7 Å². The lowest BCUT2D eigenvalue weighted by Crippen LogP contribution is -2.40. The number of aliphatic hydroxyl groups excluding tert-OH is 1. The minimum absolute atomic E-state index is 0.000252. The normalized spacial score (nSPS) is 11.1. The molecule has 0 aliphatic rings. The molecule has 116 valence electrons. The maximum absolute atomic E-state index is 12.9. The molecule has 0 saturated heterocycles. The molecule has 0 heterocycles. The molecule has 2 amide bonds. The Bertz CT molecular complexity index is 535. The van der Waals surface area contributed by atoms with Gasteiger partial charge in [-0.25, -0.2) is 4.39 Å². The second-order valence-corrected chi connectivity index (χ2v) is 5.81. The van der Waals surface area contributed by atoms with E-state index >= 15 is 0 Å². The monoisotopic (exact) mass is 316 g/mol. The van der Waals surface area contributed by atoms with E-state index in [1.54, 1.807) is 0 Å². The van der Waals surface area contributed by atoms with Gasteiger partial charge in [-0.2, -0.15) is 0 Å². The van der Waals surface area contributed by atoms with Gasteiger partial charge in [0.1, 0.15) is 5.82 Å². The number of halogens is 2. The summed E-state index contributed by atoms with van der Waals surface area (Å²) in [5.41, 5.74) is -0.161. The van der Waals surface area contributed by atoms with Crippen molar-refractivity contribution in [3.63, 3.8) is 0 Å². The van der Waals surface area contributed by atoms with Crippen molar-refractivity contribution in [2.75, 3.05) is 18.5 Å². The minimum atomic E-state index is -0.886. The molecule has 0 saturated carbocycles. The third-order valence-electron chi connectivity index (χ3n) is 2.90. The first-order valence-corrected chi connectivity index (χ1v) is 6.78. The molecule has 1 aromatic carbocycles. The van der Waals surface area contributed by atoms with E-state index in [0.717, 1.165) is 12.1 Å². The van der Waals surface area contributed by atoms with Crippen LogP contribution >= 0.6 is 11.6 Å². The molecule has 21 heavy (non-hydrogen) atoms. The number of nitrogens with one attached hydrogen (secondary N) is 2. The van der Waals surface area contributed by atoms with Crippen molar-refractivity contribution in [1.82, 2.24) is 5.32 Å². The number of benzene rings is 1. The highest BCUT2D eigenvalue weighted by Gasteiger charge is 2.21. The second kappa shape index (κ2) is 7.38. The van der Waals surface area contributed by atoms with Gasteiger partial charge >= 0.3 is 11.8 Å². The Labute approximate surface area is 127 Å². The summed E-state index contributed by atoms with van der Waals surface area (Å²) in [5, 5.41) is 13.7. The second-order valence-electron chi connectivity index (χ2n) is 5.40. The average molecular weight is 317 g/mol. The van der Waals surface area contributed by atoms with Crippen molar-refractivity contribution in [3.05, 3.63) is 29.0 Å². The Morgan fingerprint density at radius 2 is 2.00 bits per heavy atom. The summed E-state index contributed by atoms with van der Waals surface area (Å²) in [7, 11) is 0. The molecule has 0 aromatic heterocycles. The summed E-state index contributed by atoms with van der Waals surface area (Å²) in [6.45, 7) is 3.97. The van der Waals surface area contributed by atoms with Gasteiger partial charge in [-0.15, -0.1) is 0 Å². The molecule has 3 N–H and O–H groups in total. The third kappa shape index (κ3) is 5.69. The highest BCUT2D eigenvalue weighted by Crippen LogP contribution is 2.22. The smallest absolute Gasteiger partial charge is 0.313 e. The van der Waals surface area contributed by atoms with Gasteiger partial charge in [-0.3, -0.25) is 9.59 Å². The van der Waals surface area contributed by atoms with Gasteiger partial charge < -0.3 is 15.7 Å². The first kappa shape index (κ1) is 17.4. The zero-order valence-electron chi connectivity index (χ0n) is 11.9. The van der Waals surface area contributed by atoms with Crippen molar-refractivity contribution in [2.24, 2.45) is 5.41 Å². The van der Waals surface area contributed by atoms with Crippen LogP contribution in [-0.4, -0.2) is 30.1 Å². The van der Waals surface area contributed by atoms with Crippen molar-refractivity contribution < 1.29 is 19.1 Å². The van der Waals surface area contributed by atoms with Crippen LogP contribution in [0, 0.1) is 11.2 Å². The maximum atomic E-state index is 12.9. The van der Waals surface area contributed by atoms with Gasteiger partial charge in [-0.1, -0.05) is 25.4 Å². The minimum Gasteiger partial charge on any atom is -0.396 e. The Balaban J connectivity index is 2.57. The summed E-state index contributed by atoms with van der Waals surface area (Å²) in [6, 6.07) is 3.45. The van der Waals surface area contributed by atoms with Gasteiger partial charge in [0.25, 0.3) is 0 Å². The lowest BCUT2D eigenvalue weighted by Gasteiger charge is -2.23. The Morgan fingerprint density at radius 3 is 2.57 bits per heavy atom. The van der Waals surface area contributed by atoms with Crippen LogP contribution in [0.2, 0.25) is 5.02 Å². The summed E-state index contributed by atoms with van der Waals surface area (Å²) < 4.78 is 12.9. The fourth-order valence-electron chi connectivity index (χ4n) is 1.56. The topological polar surface area (TPSA) is 78.4 Å². The van der Waals surface area contributed by atoms with Crippen LogP contribution in [0.15, 0.2) is 18.2 Å². The number of hydrogen-bond acceptors (Lipinski definition) is 3. The number of rotatable bonds is 5. The third-order valence-corrected chi connectivity index (χ3v) is 3.21. The van der Waals surface area contributed by atoms with Gasteiger partial charge in [0, 0.05) is 13.2 Å². The van der Waals surface area contributed by atoms with Gasteiger partial charge in [-0.05, 0) is 30.0 Å². The van der Waals surface area contributed by atoms with E-state index < -0.39 is 17.6 Å². The molecule has 1 aromatic rings. The van der Waals surface area contributed by atoms with E-state index in [4.69, 9.17) is 16.7 Å². The zero-order chi connectivity index (χ0) is 16.0. The summed E-state index contributed by atoms with van der Waals surface area (Å²) in [5.74, 6) is -2.24. The molecule has 0 atom stereocenters. The zero-order valence-corrected chi connectivity index (χ0v) is 12.6. The van der Waals surface area contributed by atoms with E-state index in [1.165, 1.54) is 6.07 Å². The van der Waals surface area contributed by atoms with E-state index in [9.17, 15) is 14.0 Å². The lowest BCUT2D eigenvalue weighted by atomic mass is 9.90. The standard InChI is InChI=1S/C14H18ClFN2O3/c1-14(2,5-6-19)8-17-12(20)13(21)18-11-4-3-9(16)7-10(11)15/h3-4,7,19H,5-6,8H2,1-2H3,(H,17,20)(H,18,21). The Hall–Kier alpha value is -1.66. The molecule has 1 rings (SSSR count). The Morgan fingerprint density at radius 1 is 1.33 bits per heavy atom. The van der Waals surface area contributed by atoms with Crippen molar-refractivity contribution in [2.45, 2.75) is 20.3 Å². The number of anilines is 1. The number of aliphatic hydroxyl groups is 1. The predicted octanol–water partition coefficient (Wildman–Crippen LogP) is 1.94. The quantitative estimate of drug-likeness (QED) is 0.726. The number of hydrogen-bond donors (Lipinski definition) is 3.